The van der Waals surface area contributed by atoms with Gasteiger partial charge in [-0.05, 0) is 5.92 Å². The first-order valence-electron chi connectivity index (χ1n) is 3.82. The van der Waals surface area contributed by atoms with Crippen LogP contribution in [0.5, 0.6) is 0 Å². The number of hydrogen-bond donors (Lipinski definition) is 2. The summed E-state index contributed by atoms with van der Waals surface area (Å²) in [6, 6.07) is 0. The molecule has 0 radical (unpaired) electrons. The van der Waals surface area contributed by atoms with Crippen LogP contribution in [-0.4, -0.2) is 22.4 Å². The maximum absolute atomic E-state index is 7.02. The number of aromatic amines is 1. The number of imidazole rings is 1. The fraction of sp³-hybridized carbons (Fsp3) is 0.375. The number of nitrogens with zero attached hydrogens (tertiary/aromatic N) is 2. The number of aliphatic imine (C=N–C) groups is 1. The van der Waals surface area contributed by atoms with Crippen LogP contribution in [0, 0.1) is 11.3 Å². The number of H-pyrrole nitrogens is 1. The third kappa shape index (κ3) is 2.02. The van der Waals surface area contributed by atoms with Crippen molar-refractivity contribution >= 4 is 18.2 Å². The molecule has 1 aromatic heterocycles. The number of nitrogens with one attached hydrogen (secondary N) is 2. The Hall–Kier alpha value is -1.45. The lowest BCUT2D eigenvalue weighted by molar-refractivity contribution is 0.906. The zero-order valence-electron chi connectivity index (χ0n) is 7.20. The predicted molar refractivity (Wildman–Crippen MR) is 49.5 cm³/mol. The van der Waals surface area contributed by atoms with Gasteiger partial charge in [0, 0.05) is 12.4 Å². The standard InChI is InChI=1S/C8H12N4/c1-6(2)4-10-8-7(3-9)11-5-12-8/h3-6,9H,1-2H3,(H,11,12)/b9-3?,10-4-. The molecule has 0 bridgehead atoms. The molecule has 0 aliphatic rings. The Morgan fingerprint density at radius 1 is 1.67 bits per heavy atom. The fourth-order valence-electron chi connectivity index (χ4n) is 0.726. The molecule has 0 unspecified atom stereocenters. The van der Waals surface area contributed by atoms with Crippen LogP contribution in [-0.2, 0) is 0 Å². The summed E-state index contributed by atoms with van der Waals surface area (Å²) >= 11 is 0. The van der Waals surface area contributed by atoms with Gasteiger partial charge in [0.05, 0.1) is 6.33 Å². The first-order valence-corrected chi connectivity index (χ1v) is 3.82. The SMILES string of the molecule is CC(C)/C=N\c1nc[nH]c1C=N. The second kappa shape index (κ2) is 3.80. The van der Waals surface area contributed by atoms with Crippen molar-refractivity contribution in [2.24, 2.45) is 10.9 Å². The van der Waals surface area contributed by atoms with E-state index in [9.17, 15) is 0 Å². The van der Waals surface area contributed by atoms with Crippen LogP contribution in [0.3, 0.4) is 0 Å². The summed E-state index contributed by atoms with van der Waals surface area (Å²) in [5.41, 5.74) is 0.645. The number of rotatable bonds is 3. The van der Waals surface area contributed by atoms with E-state index < -0.39 is 0 Å². The lowest BCUT2D eigenvalue weighted by atomic mass is 10.2. The van der Waals surface area contributed by atoms with E-state index in [1.807, 2.05) is 20.1 Å². The van der Waals surface area contributed by atoms with E-state index in [1.165, 1.54) is 12.5 Å². The second-order valence-corrected chi connectivity index (χ2v) is 2.81. The van der Waals surface area contributed by atoms with Crippen molar-refractivity contribution in [3.05, 3.63) is 12.0 Å². The zero-order valence-corrected chi connectivity index (χ0v) is 7.20. The highest BCUT2D eigenvalue weighted by atomic mass is 15.0. The van der Waals surface area contributed by atoms with Crippen molar-refractivity contribution in [1.82, 2.24) is 9.97 Å². The van der Waals surface area contributed by atoms with Gasteiger partial charge in [-0.2, -0.15) is 0 Å². The van der Waals surface area contributed by atoms with E-state index in [0.29, 0.717) is 17.4 Å². The molecule has 0 atom stereocenters. The maximum atomic E-state index is 7.02. The number of aromatic nitrogens is 2. The summed E-state index contributed by atoms with van der Waals surface area (Å²) in [6.45, 7) is 4.08. The molecule has 4 heteroatoms. The normalized spacial score (nSPS) is 11.2. The van der Waals surface area contributed by atoms with Gasteiger partial charge in [-0.3, -0.25) is 0 Å². The quantitative estimate of drug-likeness (QED) is 0.657. The molecule has 12 heavy (non-hydrogen) atoms. The molecule has 64 valence electrons. The van der Waals surface area contributed by atoms with Gasteiger partial charge >= 0.3 is 0 Å². The Balaban J connectivity index is 2.81. The Morgan fingerprint density at radius 2 is 2.42 bits per heavy atom. The van der Waals surface area contributed by atoms with E-state index in [-0.39, 0.29) is 0 Å². The summed E-state index contributed by atoms with van der Waals surface area (Å²) in [5.74, 6) is 0.985. The van der Waals surface area contributed by atoms with Gasteiger partial charge in [-0.15, -0.1) is 0 Å². The van der Waals surface area contributed by atoms with Gasteiger partial charge in [-0.25, -0.2) is 9.98 Å². The highest BCUT2D eigenvalue weighted by Crippen LogP contribution is 2.10. The molecule has 0 spiro atoms. The summed E-state index contributed by atoms with van der Waals surface area (Å²) in [7, 11) is 0. The van der Waals surface area contributed by atoms with E-state index in [2.05, 4.69) is 15.0 Å². The van der Waals surface area contributed by atoms with Crippen LogP contribution < -0.4 is 0 Å². The lowest BCUT2D eigenvalue weighted by Gasteiger charge is -1.91. The summed E-state index contributed by atoms with van der Waals surface area (Å²) in [4.78, 5) is 10.9. The molecule has 2 N–H and O–H groups in total. The topological polar surface area (TPSA) is 64.9 Å². The molecule has 1 heterocycles. The van der Waals surface area contributed by atoms with Crippen molar-refractivity contribution in [2.45, 2.75) is 13.8 Å². The third-order valence-corrected chi connectivity index (χ3v) is 1.29. The van der Waals surface area contributed by atoms with Crippen molar-refractivity contribution in [1.29, 1.82) is 5.41 Å². The molecular weight excluding hydrogens is 152 g/mol. The average Bonchev–Trinajstić information content (AvgIpc) is 2.47. The Morgan fingerprint density at radius 3 is 3.00 bits per heavy atom. The van der Waals surface area contributed by atoms with Crippen molar-refractivity contribution < 1.29 is 0 Å². The average molecular weight is 164 g/mol. The van der Waals surface area contributed by atoms with Gasteiger partial charge in [0.2, 0.25) is 0 Å². The third-order valence-electron chi connectivity index (χ3n) is 1.29. The summed E-state index contributed by atoms with van der Waals surface area (Å²) in [6.07, 6.45) is 4.55. The molecule has 0 amide bonds. The van der Waals surface area contributed by atoms with Gasteiger partial charge in [-0.1, -0.05) is 13.8 Å². The minimum absolute atomic E-state index is 0.403. The van der Waals surface area contributed by atoms with Gasteiger partial charge in [0.1, 0.15) is 5.69 Å². The summed E-state index contributed by atoms with van der Waals surface area (Å²) in [5, 5.41) is 7.02. The molecule has 1 aromatic rings. The second-order valence-electron chi connectivity index (χ2n) is 2.81. The fourth-order valence-corrected chi connectivity index (χ4v) is 0.726. The molecule has 0 aromatic carbocycles. The van der Waals surface area contributed by atoms with E-state index in [4.69, 9.17) is 5.41 Å². The van der Waals surface area contributed by atoms with Crippen molar-refractivity contribution in [2.75, 3.05) is 0 Å². The highest BCUT2D eigenvalue weighted by Gasteiger charge is 1.98. The minimum atomic E-state index is 0.403. The van der Waals surface area contributed by atoms with Gasteiger partial charge in [0.25, 0.3) is 0 Å². The Kier molecular flexibility index (Phi) is 2.74. The molecule has 0 aliphatic heterocycles. The van der Waals surface area contributed by atoms with Crippen LogP contribution in [0.25, 0.3) is 0 Å². The van der Waals surface area contributed by atoms with Crippen LogP contribution in [0.4, 0.5) is 5.82 Å². The summed E-state index contributed by atoms with van der Waals surface area (Å²) < 4.78 is 0. The predicted octanol–water partition coefficient (Wildman–Crippen LogP) is 1.77. The minimum Gasteiger partial charge on any atom is -0.342 e. The van der Waals surface area contributed by atoms with Crippen LogP contribution in [0.2, 0.25) is 0 Å². The first kappa shape index (κ1) is 8.64. The number of hydrogen-bond acceptors (Lipinski definition) is 3. The van der Waals surface area contributed by atoms with Crippen LogP contribution >= 0.6 is 0 Å². The van der Waals surface area contributed by atoms with Gasteiger partial charge in [0.15, 0.2) is 5.82 Å². The molecule has 4 nitrogen and oxygen atoms in total. The molecule has 1 rings (SSSR count). The monoisotopic (exact) mass is 164 g/mol. The van der Waals surface area contributed by atoms with Crippen molar-refractivity contribution in [3.63, 3.8) is 0 Å². The maximum Gasteiger partial charge on any atom is 0.178 e. The molecular formula is C8H12N4. The highest BCUT2D eigenvalue weighted by molar-refractivity contribution is 5.81. The Labute approximate surface area is 71.3 Å². The van der Waals surface area contributed by atoms with E-state index in [1.54, 1.807) is 0 Å². The largest absolute Gasteiger partial charge is 0.342 e. The lowest BCUT2D eigenvalue weighted by Crippen LogP contribution is -1.87. The van der Waals surface area contributed by atoms with Crippen LogP contribution in [0.15, 0.2) is 11.3 Å². The van der Waals surface area contributed by atoms with Crippen molar-refractivity contribution in [3.8, 4) is 0 Å². The molecule has 0 fully saturated rings. The van der Waals surface area contributed by atoms with Gasteiger partial charge < -0.3 is 10.4 Å². The smallest absolute Gasteiger partial charge is 0.178 e. The molecule has 0 aliphatic carbocycles. The Bertz CT molecular complexity index is 285. The van der Waals surface area contributed by atoms with E-state index in [0.717, 1.165) is 0 Å². The first-order chi connectivity index (χ1) is 5.74. The molecule has 0 saturated heterocycles. The zero-order chi connectivity index (χ0) is 8.97. The van der Waals surface area contributed by atoms with E-state index >= 15 is 0 Å². The molecule has 0 saturated carbocycles. The van der Waals surface area contributed by atoms with Crippen LogP contribution in [0.1, 0.15) is 19.5 Å².